The molecule has 0 amide bonds. The van der Waals surface area contributed by atoms with E-state index in [0.717, 1.165) is 49.2 Å². The number of H-pyrrole nitrogens is 2. The molecule has 0 saturated carbocycles. The standard InChI is InChI=1S/C23H28N6/c1-2-17-19-13-16(15-6-10-29(11-7-15)12-8-24)3-4-21(19)27-22(17)18-5-9-25-23-20(18)14-26-28-23/h3-5,9,13-15,27H,2,6-8,10-12,24H2,1H3,(H,25,26,28). The summed E-state index contributed by atoms with van der Waals surface area (Å²) in [7, 11) is 0. The molecule has 0 atom stereocenters. The van der Waals surface area contributed by atoms with Gasteiger partial charge in [0.25, 0.3) is 0 Å². The predicted octanol–water partition coefficient (Wildman–Crippen LogP) is 3.81. The van der Waals surface area contributed by atoms with Crippen LogP contribution in [-0.2, 0) is 6.42 Å². The number of aromatic nitrogens is 4. The number of hydrogen-bond acceptors (Lipinski definition) is 4. The monoisotopic (exact) mass is 388 g/mol. The summed E-state index contributed by atoms with van der Waals surface area (Å²) in [6.07, 6.45) is 7.12. The Morgan fingerprint density at radius 1 is 1.17 bits per heavy atom. The molecule has 1 aliphatic rings. The number of nitrogens with two attached hydrogens (primary N) is 1. The van der Waals surface area contributed by atoms with Crippen molar-refractivity contribution in [2.75, 3.05) is 26.2 Å². The third-order valence-corrected chi connectivity index (χ3v) is 6.41. The molecule has 0 unspecified atom stereocenters. The van der Waals surface area contributed by atoms with Gasteiger partial charge in [0.2, 0.25) is 0 Å². The zero-order chi connectivity index (χ0) is 19.8. The number of hydrogen-bond donors (Lipinski definition) is 3. The Morgan fingerprint density at radius 3 is 2.83 bits per heavy atom. The second-order valence-corrected chi connectivity index (χ2v) is 8.03. The third-order valence-electron chi connectivity index (χ3n) is 6.41. The van der Waals surface area contributed by atoms with Crippen LogP contribution in [0.1, 0.15) is 36.8 Å². The van der Waals surface area contributed by atoms with E-state index in [9.17, 15) is 0 Å². The van der Waals surface area contributed by atoms with Crippen LogP contribution < -0.4 is 5.73 Å². The number of piperidine rings is 1. The van der Waals surface area contributed by atoms with Crippen molar-refractivity contribution >= 4 is 21.9 Å². The van der Waals surface area contributed by atoms with Crippen molar-refractivity contribution in [3.8, 4) is 11.3 Å². The molecule has 0 aliphatic carbocycles. The summed E-state index contributed by atoms with van der Waals surface area (Å²) >= 11 is 0. The molecule has 1 aromatic carbocycles. The van der Waals surface area contributed by atoms with E-state index in [-0.39, 0.29) is 0 Å². The lowest BCUT2D eigenvalue weighted by molar-refractivity contribution is 0.218. The number of aryl methyl sites for hydroxylation is 1. The summed E-state index contributed by atoms with van der Waals surface area (Å²) in [6, 6.07) is 9.07. The highest BCUT2D eigenvalue weighted by Crippen LogP contribution is 2.36. The van der Waals surface area contributed by atoms with Crippen LogP contribution in [0.2, 0.25) is 0 Å². The van der Waals surface area contributed by atoms with Gasteiger partial charge in [0.05, 0.1) is 11.9 Å². The van der Waals surface area contributed by atoms with Gasteiger partial charge in [-0.1, -0.05) is 13.0 Å². The first-order valence-electron chi connectivity index (χ1n) is 10.6. The van der Waals surface area contributed by atoms with Gasteiger partial charge in [-0.3, -0.25) is 5.10 Å². The van der Waals surface area contributed by atoms with Crippen molar-refractivity contribution in [3.05, 3.63) is 47.8 Å². The van der Waals surface area contributed by atoms with Crippen LogP contribution in [0.5, 0.6) is 0 Å². The van der Waals surface area contributed by atoms with Crippen LogP contribution in [-0.4, -0.2) is 51.2 Å². The molecule has 4 N–H and O–H groups in total. The number of benzene rings is 1. The number of nitrogens with zero attached hydrogens (tertiary/aromatic N) is 3. The first-order valence-corrected chi connectivity index (χ1v) is 10.6. The number of pyridine rings is 1. The SMILES string of the molecule is CCc1c(-c2ccnc3[nH]ncc23)[nH]c2ccc(C3CCN(CCN)CC3)cc12. The molecule has 0 radical (unpaired) electrons. The normalized spacial score (nSPS) is 16.2. The van der Waals surface area contributed by atoms with Gasteiger partial charge in [-0.05, 0) is 67.6 Å². The van der Waals surface area contributed by atoms with E-state index < -0.39 is 0 Å². The number of likely N-dealkylation sites (tertiary alicyclic amines) is 1. The highest BCUT2D eigenvalue weighted by Gasteiger charge is 2.22. The molecular weight excluding hydrogens is 360 g/mol. The maximum atomic E-state index is 5.72. The summed E-state index contributed by atoms with van der Waals surface area (Å²) in [5, 5.41) is 9.56. The zero-order valence-electron chi connectivity index (χ0n) is 16.9. The molecule has 0 spiro atoms. The molecule has 5 rings (SSSR count). The lowest BCUT2D eigenvalue weighted by Gasteiger charge is -2.31. The van der Waals surface area contributed by atoms with E-state index in [1.165, 1.54) is 40.6 Å². The van der Waals surface area contributed by atoms with E-state index in [0.29, 0.717) is 5.92 Å². The minimum absolute atomic E-state index is 0.637. The molecule has 29 heavy (non-hydrogen) atoms. The summed E-state index contributed by atoms with van der Waals surface area (Å²) in [5.41, 5.74) is 12.9. The van der Waals surface area contributed by atoms with Crippen molar-refractivity contribution in [1.29, 1.82) is 0 Å². The number of nitrogens with one attached hydrogen (secondary N) is 2. The Hall–Kier alpha value is -2.70. The van der Waals surface area contributed by atoms with Crippen LogP contribution >= 0.6 is 0 Å². The van der Waals surface area contributed by atoms with Gasteiger partial charge in [-0.2, -0.15) is 5.10 Å². The van der Waals surface area contributed by atoms with Gasteiger partial charge >= 0.3 is 0 Å². The average Bonchev–Trinajstić information content (AvgIpc) is 3.38. The average molecular weight is 389 g/mol. The van der Waals surface area contributed by atoms with Gasteiger partial charge in [-0.15, -0.1) is 0 Å². The largest absolute Gasteiger partial charge is 0.354 e. The molecule has 1 fully saturated rings. The Morgan fingerprint density at radius 2 is 2.03 bits per heavy atom. The van der Waals surface area contributed by atoms with Gasteiger partial charge in [0.15, 0.2) is 5.65 Å². The van der Waals surface area contributed by atoms with E-state index >= 15 is 0 Å². The fourth-order valence-corrected chi connectivity index (χ4v) is 4.86. The smallest absolute Gasteiger partial charge is 0.155 e. The highest BCUT2D eigenvalue weighted by atomic mass is 15.1. The fraction of sp³-hybridized carbons (Fsp3) is 0.391. The number of aromatic amines is 2. The summed E-state index contributed by atoms with van der Waals surface area (Å²) in [5.74, 6) is 0.637. The van der Waals surface area contributed by atoms with Crippen LogP contribution in [0, 0.1) is 0 Å². The molecule has 6 heteroatoms. The zero-order valence-corrected chi connectivity index (χ0v) is 16.9. The van der Waals surface area contributed by atoms with E-state index in [2.05, 4.69) is 56.3 Å². The molecule has 3 aromatic heterocycles. The van der Waals surface area contributed by atoms with Crippen LogP contribution in [0.4, 0.5) is 0 Å². The van der Waals surface area contributed by atoms with Crippen molar-refractivity contribution < 1.29 is 0 Å². The Kier molecular flexibility index (Phi) is 4.81. The molecule has 4 heterocycles. The summed E-state index contributed by atoms with van der Waals surface area (Å²) in [6.45, 7) is 6.30. The third kappa shape index (κ3) is 3.22. The fourth-order valence-electron chi connectivity index (χ4n) is 4.86. The van der Waals surface area contributed by atoms with Gasteiger partial charge in [-0.25, -0.2) is 4.98 Å². The molecule has 150 valence electrons. The number of fused-ring (bicyclic) bond motifs is 2. The first-order chi connectivity index (χ1) is 14.3. The Labute approximate surface area is 170 Å². The van der Waals surface area contributed by atoms with Gasteiger partial charge < -0.3 is 15.6 Å². The van der Waals surface area contributed by atoms with Crippen LogP contribution in [0.3, 0.4) is 0 Å². The van der Waals surface area contributed by atoms with E-state index in [1.807, 2.05) is 12.4 Å². The highest BCUT2D eigenvalue weighted by molar-refractivity contribution is 5.98. The molecule has 4 aromatic rings. The quantitative estimate of drug-likeness (QED) is 0.485. The van der Waals surface area contributed by atoms with Crippen molar-refractivity contribution in [3.63, 3.8) is 0 Å². The number of rotatable bonds is 5. The van der Waals surface area contributed by atoms with Crippen LogP contribution in [0.15, 0.2) is 36.7 Å². The lowest BCUT2D eigenvalue weighted by Crippen LogP contribution is -2.36. The minimum atomic E-state index is 0.637. The van der Waals surface area contributed by atoms with Gasteiger partial charge in [0.1, 0.15) is 0 Å². The summed E-state index contributed by atoms with van der Waals surface area (Å²) < 4.78 is 0. The molecule has 6 nitrogen and oxygen atoms in total. The maximum absolute atomic E-state index is 5.72. The van der Waals surface area contributed by atoms with E-state index in [1.54, 1.807) is 0 Å². The summed E-state index contributed by atoms with van der Waals surface area (Å²) in [4.78, 5) is 10.5. The second kappa shape index (κ2) is 7.61. The lowest BCUT2D eigenvalue weighted by atomic mass is 9.88. The molecule has 1 saturated heterocycles. The molecular formula is C23H28N6. The van der Waals surface area contributed by atoms with Crippen molar-refractivity contribution in [1.82, 2.24) is 25.1 Å². The van der Waals surface area contributed by atoms with Crippen molar-refractivity contribution in [2.45, 2.75) is 32.1 Å². The van der Waals surface area contributed by atoms with Gasteiger partial charge in [0, 0.05) is 41.1 Å². The van der Waals surface area contributed by atoms with Crippen molar-refractivity contribution in [2.24, 2.45) is 5.73 Å². The molecule has 1 aliphatic heterocycles. The minimum Gasteiger partial charge on any atom is -0.354 e. The van der Waals surface area contributed by atoms with Crippen LogP contribution in [0.25, 0.3) is 33.2 Å². The topological polar surface area (TPSA) is 86.6 Å². The van der Waals surface area contributed by atoms with E-state index in [4.69, 9.17) is 5.73 Å². The predicted molar refractivity (Wildman–Crippen MR) is 118 cm³/mol. The maximum Gasteiger partial charge on any atom is 0.155 e. The second-order valence-electron chi connectivity index (χ2n) is 8.03. The Bertz CT molecular complexity index is 1130. The Balaban J connectivity index is 1.53. The first kappa shape index (κ1) is 18.3. The molecule has 0 bridgehead atoms.